The highest BCUT2D eigenvalue weighted by Gasteiger charge is 2.28. The van der Waals surface area contributed by atoms with Gasteiger partial charge >= 0.3 is 6.09 Å². The second-order valence-electron chi connectivity index (χ2n) is 6.23. The van der Waals surface area contributed by atoms with Crippen molar-refractivity contribution in [3.8, 4) is 0 Å². The second kappa shape index (κ2) is 5.81. The number of carbonyl (C=O) groups is 1. The van der Waals surface area contributed by atoms with Gasteiger partial charge in [0.25, 0.3) is 0 Å². The lowest BCUT2D eigenvalue weighted by Gasteiger charge is -2.26. The van der Waals surface area contributed by atoms with Gasteiger partial charge < -0.3 is 15.4 Å². The van der Waals surface area contributed by atoms with Crippen LogP contribution in [0, 0.1) is 5.82 Å². The van der Waals surface area contributed by atoms with Gasteiger partial charge in [-0.25, -0.2) is 9.18 Å². The largest absolute Gasteiger partial charge is 0.444 e. The third kappa shape index (κ3) is 3.66. The quantitative estimate of drug-likeness (QED) is 0.795. The van der Waals surface area contributed by atoms with Crippen molar-refractivity contribution >= 4 is 17.7 Å². The lowest BCUT2D eigenvalue weighted by Crippen LogP contribution is -2.36. The fourth-order valence-corrected chi connectivity index (χ4v) is 2.55. The van der Waals surface area contributed by atoms with Gasteiger partial charge in [0.15, 0.2) is 0 Å². The molecule has 4 nitrogen and oxygen atoms in total. The summed E-state index contributed by atoms with van der Waals surface area (Å²) >= 11 is 6.04. The fourth-order valence-electron chi connectivity index (χ4n) is 2.32. The van der Waals surface area contributed by atoms with Crippen molar-refractivity contribution in [3.63, 3.8) is 0 Å². The van der Waals surface area contributed by atoms with Crippen LogP contribution in [0.5, 0.6) is 0 Å². The van der Waals surface area contributed by atoms with Gasteiger partial charge in [-0.1, -0.05) is 17.7 Å². The van der Waals surface area contributed by atoms with Crippen LogP contribution in [0.1, 0.15) is 44.4 Å². The molecule has 1 amide bonds. The monoisotopic (exact) mass is 314 g/mol. The van der Waals surface area contributed by atoms with Crippen LogP contribution in [0.15, 0.2) is 12.1 Å². The zero-order valence-corrected chi connectivity index (χ0v) is 13.2. The number of nitrogens with zero attached hydrogens (tertiary/aromatic N) is 1. The zero-order valence-electron chi connectivity index (χ0n) is 12.5. The third-order valence-electron chi connectivity index (χ3n) is 3.34. The Bertz CT molecular complexity index is 557. The van der Waals surface area contributed by atoms with Gasteiger partial charge in [-0.2, -0.15) is 0 Å². The molecule has 1 aliphatic heterocycles. The van der Waals surface area contributed by atoms with Crippen LogP contribution in [0.4, 0.5) is 9.18 Å². The van der Waals surface area contributed by atoms with E-state index in [-0.39, 0.29) is 17.6 Å². The molecule has 1 aliphatic rings. The van der Waals surface area contributed by atoms with Crippen LogP contribution in [0.2, 0.25) is 5.02 Å². The molecule has 0 bridgehead atoms. The first-order chi connectivity index (χ1) is 9.69. The molecule has 0 aromatic heterocycles. The van der Waals surface area contributed by atoms with Gasteiger partial charge in [-0.15, -0.1) is 0 Å². The molecule has 116 valence electrons. The minimum absolute atomic E-state index is 0.0263. The van der Waals surface area contributed by atoms with Crippen molar-refractivity contribution in [1.29, 1.82) is 0 Å². The summed E-state index contributed by atoms with van der Waals surface area (Å²) < 4.78 is 19.0. The summed E-state index contributed by atoms with van der Waals surface area (Å²) in [5, 5.41) is 0.0263. The average molecular weight is 315 g/mol. The first-order valence-corrected chi connectivity index (χ1v) is 7.27. The third-order valence-corrected chi connectivity index (χ3v) is 3.75. The zero-order chi connectivity index (χ0) is 15.8. The molecule has 2 N–H and O–H groups in total. The van der Waals surface area contributed by atoms with E-state index in [0.29, 0.717) is 18.5 Å². The van der Waals surface area contributed by atoms with E-state index < -0.39 is 17.5 Å². The highest BCUT2D eigenvalue weighted by Crippen LogP contribution is 2.32. The molecule has 1 aromatic rings. The van der Waals surface area contributed by atoms with Crippen molar-refractivity contribution < 1.29 is 13.9 Å². The maximum atomic E-state index is 13.7. The number of amides is 1. The summed E-state index contributed by atoms with van der Waals surface area (Å²) in [7, 11) is 0. The summed E-state index contributed by atoms with van der Waals surface area (Å²) in [6, 6.07) is 2.68. The summed E-state index contributed by atoms with van der Waals surface area (Å²) in [6.07, 6.45) is 0.136. The number of halogens is 2. The van der Waals surface area contributed by atoms with E-state index in [2.05, 4.69) is 0 Å². The highest BCUT2D eigenvalue weighted by molar-refractivity contribution is 6.31. The molecule has 1 heterocycles. The maximum Gasteiger partial charge on any atom is 0.410 e. The Kier molecular flexibility index (Phi) is 4.44. The lowest BCUT2D eigenvalue weighted by atomic mass is 10.00. The first-order valence-electron chi connectivity index (χ1n) is 6.89. The van der Waals surface area contributed by atoms with Crippen LogP contribution < -0.4 is 5.73 Å². The van der Waals surface area contributed by atoms with Crippen LogP contribution in [0.3, 0.4) is 0 Å². The first kappa shape index (κ1) is 16.0. The topological polar surface area (TPSA) is 55.6 Å². The van der Waals surface area contributed by atoms with Crippen molar-refractivity contribution in [2.45, 2.75) is 45.4 Å². The number of carbonyl (C=O) groups excluding carboxylic acids is 1. The maximum absolute atomic E-state index is 13.7. The van der Waals surface area contributed by atoms with Crippen LogP contribution >= 0.6 is 11.6 Å². The number of hydrogen-bond acceptors (Lipinski definition) is 3. The molecule has 1 atom stereocenters. The molecule has 21 heavy (non-hydrogen) atoms. The summed E-state index contributed by atoms with van der Waals surface area (Å²) in [5.74, 6) is -0.506. The minimum atomic E-state index is -0.583. The Morgan fingerprint density at radius 2 is 2.14 bits per heavy atom. The summed E-state index contributed by atoms with van der Waals surface area (Å²) in [5.41, 5.74) is 6.86. The van der Waals surface area contributed by atoms with E-state index in [1.54, 1.807) is 26.8 Å². The SMILES string of the molecule is CC(C)(C)OC(=O)N1CC[C@H](N)c2ccc(F)c(Cl)c2C1. The number of nitrogens with two attached hydrogens (primary N) is 1. The predicted molar refractivity (Wildman–Crippen MR) is 79.6 cm³/mol. The number of benzene rings is 1. The molecule has 0 unspecified atom stereocenters. The molecular weight excluding hydrogens is 295 g/mol. The standard InChI is InChI=1S/C15H20ClFN2O2/c1-15(2,3)21-14(20)19-7-6-12(18)9-4-5-11(17)13(16)10(9)8-19/h4-5,12H,6-8,18H2,1-3H3/t12-/m0/s1. The van der Waals surface area contributed by atoms with Gasteiger partial charge in [-0.05, 0) is 44.4 Å². The van der Waals surface area contributed by atoms with Crippen molar-refractivity contribution in [1.82, 2.24) is 4.90 Å². The average Bonchev–Trinajstić information content (AvgIpc) is 2.52. The van der Waals surface area contributed by atoms with E-state index in [1.165, 1.54) is 11.0 Å². The number of rotatable bonds is 0. The van der Waals surface area contributed by atoms with Gasteiger partial charge in [0, 0.05) is 12.6 Å². The normalized spacial score (nSPS) is 19.0. The Hall–Kier alpha value is -1.33. The van der Waals surface area contributed by atoms with E-state index >= 15 is 0 Å². The van der Waals surface area contributed by atoms with Crippen LogP contribution in [0.25, 0.3) is 0 Å². The Balaban J connectivity index is 2.30. The Morgan fingerprint density at radius 3 is 2.76 bits per heavy atom. The van der Waals surface area contributed by atoms with Gasteiger partial charge in [0.1, 0.15) is 11.4 Å². The second-order valence-corrected chi connectivity index (χ2v) is 6.60. The molecule has 0 aliphatic carbocycles. The fraction of sp³-hybridized carbons (Fsp3) is 0.533. The molecule has 0 saturated heterocycles. The van der Waals surface area contributed by atoms with Crippen molar-refractivity contribution in [2.24, 2.45) is 5.73 Å². The number of fused-ring (bicyclic) bond motifs is 1. The molecule has 1 aromatic carbocycles. The van der Waals surface area contributed by atoms with Crippen LogP contribution in [-0.4, -0.2) is 23.1 Å². The molecule has 2 rings (SSSR count). The smallest absolute Gasteiger partial charge is 0.410 e. The molecule has 6 heteroatoms. The number of ether oxygens (including phenoxy) is 1. The van der Waals surface area contributed by atoms with E-state index in [0.717, 1.165) is 5.56 Å². The van der Waals surface area contributed by atoms with Gasteiger partial charge in [-0.3, -0.25) is 0 Å². The Morgan fingerprint density at radius 1 is 1.48 bits per heavy atom. The Labute approximate surface area is 129 Å². The molecular formula is C15H20ClFN2O2. The van der Waals surface area contributed by atoms with Crippen LogP contribution in [-0.2, 0) is 11.3 Å². The molecule has 0 fully saturated rings. The minimum Gasteiger partial charge on any atom is -0.444 e. The van der Waals surface area contributed by atoms with E-state index in [1.807, 2.05) is 0 Å². The van der Waals surface area contributed by atoms with Crippen molar-refractivity contribution in [2.75, 3.05) is 6.54 Å². The highest BCUT2D eigenvalue weighted by atomic mass is 35.5. The van der Waals surface area contributed by atoms with Gasteiger partial charge in [0.05, 0.1) is 11.6 Å². The van der Waals surface area contributed by atoms with Crippen molar-refractivity contribution in [3.05, 3.63) is 34.1 Å². The van der Waals surface area contributed by atoms with E-state index in [9.17, 15) is 9.18 Å². The lowest BCUT2D eigenvalue weighted by molar-refractivity contribution is 0.0235. The summed E-state index contributed by atoms with van der Waals surface area (Å²) in [6.45, 7) is 6.05. The molecule has 0 saturated carbocycles. The van der Waals surface area contributed by atoms with Gasteiger partial charge in [0.2, 0.25) is 0 Å². The molecule has 0 spiro atoms. The molecule has 0 radical (unpaired) electrons. The summed E-state index contributed by atoms with van der Waals surface area (Å²) in [4.78, 5) is 13.7. The van der Waals surface area contributed by atoms with E-state index in [4.69, 9.17) is 22.1 Å². The number of hydrogen-bond donors (Lipinski definition) is 1. The predicted octanol–water partition coefficient (Wildman–Crippen LogP) is 3.62.